The van der Waals surface area contributed by atoms with Gasteiger partial charge in [0.2, 0.25) is 5.95 Å². The van der Waals surface area contributed by atoms with Crippen molar-refractivity contribution in [1.29, 1.82) is 0 Å². The van der Waals surface area contributed by atoms with Crippen LogP contribution in [0, 0.1) is 0 Å². The second kappa shape index (κ2) is 14.0. The zero-order valence-electron chi connectivity index (χ0n) is 34.0. The van der Waals surface area contributed by atoms with Crippen molar-refractivity contribution in [3.63, 3.8) is 0 Å². The van der Waals surface area contributed by atoms with Gasteiger partial charge in [-0.15, -0.1) is 0 Å². The average Bonchev–Trinajstić information content (AvgIpc) is 4.01. The summed E-state index contributed by atoms with van der Waals surface area (Å²) in [5.41, 5.74) is 15.8. The van der Waals surface area contributed by atoms with Crippen LogP contribution in [0.4, 0.5) is 0 Å². The molecule has 4 heterocycles. The molecule has 0 bridgehead atoms. The minimum Gasteiger partial charge on any atom is -0.456 e. The first kappa shape index (κ1) is 35.2. The van der Waals surface area contributed by atoms with E-state index in [0.717, 1.165) is 99.7 Å². The van der Waals surface area contributed by atoms with Crippen molar-refractivity contribution in [2.75, 3.05) is 0 Å². The van der Waals surface area contributed by atoms with Crippen LogP contribution in [0.5, 0.6) is 0 Å². The summed E-state index contributed by atoms with van der Waals surface area (Å²) in [6.45, 7) is 0. The summed E-state index contributed by atoms with van der Waals surface area (Å²) in [4.78, 5) is 10.5. The first-order chi connectivity index (χ1) is 31.2. The van der Waals surface area contributed by atoms with Gasteiger partial charge in [0.1, 0.15) is 11.2 Å². The summed E-state index contributed by atoms with van der Waals surface area (Å²) in [6, 6.07) is 77.4. The minimum absolute atomic E-state index is 0.638. The average molecular weight is 805 g/mol. The van der Waals surface area contributed by atoms with E-state index in [4.69, 9.17) is 14.4 Å². The van der Waals surface area contributed by atoms with Crippen LogP contribution in [0.15, 0.2) is 223 Å². The van der Waals surface area contributed by atoms with Gasteiger partial charge in [-0.3, -0.25) is 4.57 Å². The van der Waals surface area contributed by atoms with Crippen LogP contribution in [0.1, 0.15) is 0 Å². The molecule has 0 amide bonds. The van der Waals surface area contributed by atoms with Gasteiger partial charge in [0, 0.05) is 49.1 Å². The van der Waals surface area contributed by atoms with Crippen molar-refractivity contribution < 1.29 is 4.42 Å². The van der Waals surface area contributed by atoms with Gasteiger partial charge in [-0.05, 0) is 89.0 Å². The van der Waals surface area contributed by atoms with Gasteiger partial charge in [0.25, 0.3) is 0 Å². The molecule has 0 aliphatic carbocycles. The van der Waals surface area contributed by atoms with Crippen molar-refractivity contribution in [2.24, 2.45) is 0 Å². The maximum atomic E-state index is 6.11. The van der Waals surface area contributed by atoms with E-state index in [0.29, 0.717) is 5.95 Å². The highest BCUT2D eigenvalue weighted by Gasteiger charge is 2.19. The van der Waals surface area contributed by atoms with Crippen molar-refractivity contribution in [3.05, 3.63) is 218 Å². The zero-order chi connectivity index (χ0) is 41.4. The lowest BCUT2D eigenvalue weighted by Crippen LogP contribution is -2.04. The molecule has 0 aliphatic heterocycles. The highest BCUT2D eigenvalue weighted by molar-refractivity contribution is 6.12. The Morgan fingerprint density at radius 3 is 1.51 bits per heavy atom. The molecule has 0 unspecified atom stereocenters. The van der Waals surface area contributed by atoms with Crippen LogP contribution in [0.25, 0.3) is 122 Å². The van der Waals surface area contributed by atoms with Crippen molar-refractivity contribution in [3.8, 4) is 56.4 Å². The lowest BCUT2D eigenvalue weighted by atomic mass is 10.0. The topological polar surface area (TPSA) is 48.8 Å². The predicted octanol–water partition coefficient (Wildman–Crippen LogP) is 15.2. The molecule has 5 heteroatoms. The van der Waals surface area contributed by atoms with Crippen LogP contribution < -0.4 is 0 Å². The number of aromatic nitrogens is 4. The molecule has 0 radical (unpaired) electrons. The summed E-state index contributed by atoms with van der Waals surface area (Å²) in [6.07, 6.45) is 0. The molecule has 0 N–H and O–H groups in total. The standard InChI is InChI=1S/C58H36N4O/c1-3-13-38(14-4-1)50-36-51(39-15-5-2-6-16-39)60-58(59-50)62-53-21-11-7-17-44(53)46-30-25-42(35-55(46)62)41-26-31-54-48(33-41)45-18-8-10-20-52(45)61(54)43-28-23-37(24-29-43)40-27-32-57-49(34-40)47-19-9-12-22-56(47)63-57/h1-36H. The molecule has 0 spiro atoms. The van der Waals surface area contributed by atoms with Gasteiger partial charge in [0.15, 0.2) is 0 Å². The van der Waals surface area contributed by atoms with Crippen LogP contribution in [0.3, 0.4) is 0 Å². The fourth-order valence-electron chi connectivity index (χ4n) is 9.55. The number of fused-ring (bicyclic) bond motifs is 9. The molecule has 4 aromatic heterocycles. The highest BCUT2D eigenvalue weighted by Crippen LogP contribution is 2.39. The number of furan rings is 1. The predicted molar refractivity (Wildman–Crippen MR) is 260 cm³/mol. The Morgan fingerprint density at radius 1 is 0.286 bits per heavy atom. The quantitative estimate of drug-likeness (QED) is 0.168. The fourth-order valence-corrected chi connectivity index (χ4v) is 9.55. The summed E-state index contributed by atoms with van der Waals surface area (Å²) >= 11 is 0. The van der Waals surface area contributed by atoms with Crippen molar-refractivity contribution >= 4 is 65.6 Å². The number of benzene rings is 9. The van der Waals surface area contributed by atoms with Crippen LogP contribution in [-0.2, 0) is 0 Å². The Morgan fingerprint density at radius 2 is 0.778 bits per heavy atom. The van der Waals surface area contributed by atoms with E-state index < -0.39 is 0 Å². The highest BCUT2D eigenvalue weighted by atomic mass is 16.3. The molecule has 294 valence electrons. The van der Waals surface area contributed by atoms with E-state index in [2.05, 4.69) is 203 Å². The third kappa shape index (κ3) is 5.71. The molecule has 0 fully saturated rings. The van der Waals surface area contributed by atoms with Gasteiger partial charge < -0.3 is 8.98 Å². The Balaban J connectivity index is 0.936. The molecular weight excluding hydrogens is 769 g/mol. The molecule has 0 aliphatic rings. The largest absolute Gasteiger partial charge is 0.456 e. The molecule has 0 saturated carbocycles. The third-order valence-electron chi connectivity index (χ3n) is 12.6. The Hall–Kier alpha value is -8.54. The lowest BCUT2D eigenvalue weighted by molar-refractivity contribution is 0.669. The first-order valence-corrected chi connectivity index (χ1v) is 21.3. The molecule has 9 aromatic carbocycles. The molecule has 0 saturated heterocycles. The maximum Gasteiger partial charge on any atom is 0.235 e. The minimum atomic E-state index is 0.638. The zero-order valence-corrected chi connectivity index (χ0v) is 34.0. The van der Waals surface area contributed by atoms with E-state index in [9.17, 15) is 0 Å². The Kier molecular flexibility index (Phi) is 7.84. The van der Waals surface area contributed by atoms with E-state index in [-0.39, 0.29) is 0 Å². The van der Waals surface area contributed by atoms with Crippen molar-refractivity contribution in [1.82, 2.24) is 19.1 Å². The van der Waals surface area contributed by atoms with Crippen molar-refractivity contribution in [2.45, 2.75) is 0 Å². The number of rotatable bonds is 6. The van der Waals surface area contributed by atoms with Crippen LogP contribution in [0.2, 0.25) is 0 Å². The Labute approximate surface area is 362 Å². The fraction of sp³-hybridized carbons (Fsp3) is 0. The van der Waals surface area contributed by atoms with Gasteiger partial charge in [-0.25, -0.2) is 9.97 Å². The van der Waals surface area contributed by atoms with Crippen LogP contribution >= 0.6 is 0 Å². The monoisotopic (exact) mass is 804 g/mol. The number of nitrogens with zero attached hydrogens (tertiary/aromatic N) is 4. The number of hydrogen-bond acceptors (Lipinski definition) is 3. The first-order valence-electron chi connectivity index (χ1n) is 21.3. The molecule has 13 rings (SSSR count). The van der Waals surface area contributed by atoms with E-state index >= 15 is 0 Å². The second-order valence-corrected chi connectivity index (χ2v) is 16.2. The second-order valence-electron chi connectivity index (χ2n) is 16.2. The lowest BCUT2D eigenvalue weighted by Gasteiger charge is -2.12. The van der Waals surface area contributed by atoms with E-state index in [1.807, 2.05) is 24.3 Å². The summed E-state index contributed by atoms with van der Waals surface area (Å²) in [7, 11) is 0. The summed E-state index contributed by atoms with van der Waals surface area (Å²) < 4.78 is 10.7. The molecule has 63 heavy (non-hydrogen) atoms. The summed E-state index contributed by atoms with van der Waals surface area (Å²) in [5, 5.41) is 7.01. The molecule has 0 atom stereocenters. The number of hydrogen-bond donors (Lipinski definition) is 0. The smallest absolute Gasteiger partial charge is 0.235 e. The molecular formula is C58H36N4O. The van der Waals surface area contributed by atoms with E-state index in [1.54, 1.807) is 0 Å². The third-order valence-corrected chi connectivity index (χ3v) is 12.6. The normalized spacial score (nSPS) is 11.8. The number of para-hydroxylation sites is 3. The summed E-state index contributed by atoms with van der Waals surface area (Å²) in [5.74, 6) is 0.638. The SMILES string of the molecule is c1ccc(-c2cc(-c3ccccc3)nc(-n3c4ccccc4c4ccc(-c5ccc6c(c5)c5ccccc5n6-c5ccc(-c6ccc7oc8ccccc8c7c6)cc5)cc43)n2)cc1. The van der Waals surface area contributed by atoms with E-state index in [1.165, 1.54) is 16.3 Å². The molecule has 5 nitrogen and oxygen atoms in total. The molecule has 13 aromatic rings. The van der Waals surface area contributed by atoms with Gasteiger partial charge in [-0.2, -0.15) is 0 Å². The van der Waals surface area contributed by atoms with Gasteiger partial charge in [0.05, 0.1) is 33.5 Å². The van der Waals surface area contributed by atoms with Gasteiger partial charge in [-0.1, -0.05) is 152 Å². The Bertz CT molecular complexity index is 3840. The van der Waals surface area contributed by atoms with Crippen LogP contribution in [-0.4, -0.2) is 19.1 Å². The van der Waals surface area contributed by atoms with Gasteiger partial charge >= 0.3 is 0 Å². The maximum absolute atomic E-state index is 6.11.